The van der Waals surface area contributed by atoms with Crippen molar-refractivity contribution in [2.45, 2.75) is 45.1 Å². The van der Waals surface area contributed by atoms with Crippen molar-refractivity contribution in [3.8, 4) is 5.69 Å². The largest absolute Gasteiger partial charge is 0.381 e. The van der Waals surface area contributed by atoms with E-state index < -0.39 is 0 Å². The molecule has 1 aliphatic carbocycles. The Bertz CT molecular complexity index is 527. The van der Waals surface area contributed by atoms with Crippen molar-refractivity contribution in [3.05, 3.63) is 36.2 Å². The van der Waals surface area contributed by atoms with Gasteiger partial charge in [0.2, 0.25) is 0 Å². The monoisotopic (exact) mass is 256 g/mol. The molecule has 2 aromatic rings. The third kappa shape index (κ3) is 2.78. The topological polar surface area (TPSA) is 42.7 Å². The van der Waals surface area contributed by atoms with Crippen LogP contribution in [-0.4, -0.2) is 21.0 Å². The van der Waals surface area contributed by atoms with Crippen molar-refractivity contribution in [2.24, 2.45) is 0 Å². The van der Waals surface area contributed by atoms with Crippen molar-refractivity contribution in [1.82, 2.24) is 15.0 Å². The number of benzene rings is 1. The SMILES string of the molecule is Cc1ccc(NC2CCCCC2)c(-n2nccn2)c1. The second-order valence-corrected chi connectivity index (χ2v) is 5.32. The third-order valence-electron chi connectivity index (χ3n) is 3.75. The van der Waals surface area contributed by atoms with Gasteiger partial charge in [-0.2, -0.15) is 10.2 Å². The second-order valence-electron chi connectivity index (χ2n) is 5.32. The van der Waals surface area contributed by atoms with Crippen LogP contribution >= 0.6 is 0 Å². The standard InChI is InChI=1S/C15H20N4/c1-12-7-8-14(18-13-5-3-2-4-6-13)15(11-12)19-16-9-10-17-19/h7-11,13,18H,2-6H2,1H3. The molecular weight excluding hydrogens is 236 g/mol. The van der Waals surface area contributed by atoms with Gasteiger partial charge >= 0.3 is 0 Å². The summed E-state index contributed by atoms with van der Waals surface area (Å²) >= 11 is 0. The van der Waals surface area contributed by atoms with E-state index in [1.54, 1.807) is 17.2 Å². The fourth-order valence-corrected chi connectivity index (χ4v) is 2.74. The lowest BCUT2D eigenvalue weighted by Crippen LogP contribution is -2.23. The molecule has 1 aliphatic rings. The minimum absolute atomic E-state index is 0.589. The number of anilines is 1. The maximum absolute atomic E-state index is 4.25. The average Bonchev–Trinajstić information content (AvgIpc) is 2.96. The zero-order valence-electron chi connectivity index (χ0n) is 11.3. The number of aryl methyl sites for hydroxylation is 1. The summed E-state index contributed by atoms with van der Waals surface area (Å²) in [6.07, 6.45) is 10.00. The highest BCUT2D eigenvalue weighted by atomic mass is 15.5. The molecule has 1 fully saturated rings. The lowest BCUT2D eigenvalue weighted by atomic mass is 9.95. The normalized spacial score (nSPS) is 16.5. The quantitative estimate of drug-likeness (QED) is 0.916. The molecular formula is C15H20N4. The van der Waals surface area contributed by atoms with Crippen LogP contribution in [0.5, 0.6) is 0 Å². The molecule has 0 saturated heterocycles. The van der Waals surface area contributed by atoms with E-state index in [0.717, 1.165) is 11.4 Å². The van der Waals surface area contributed by atoms with Gasteiger partial charge in [-0.25, -0.2) is 0 Å². The fraction of sp³-hybridized carbons (Fsp3) is 0.467. The minimum Gasteiger partial charge on any atom is -0.381 e. The molecule has 0 radical (unpaired) electrons. The van der Waals surface area contributed by atoms with E-state index in [1.807, 2.05) is 0 Å². The molecule has 4 nitrogen and oxygen atoms in total. The maximum atomic E-state index is 4.25. The second kappa shape index (κ2) is 5.43. The Balaban J connectivity index is 1.87. The van der Waals surface area contributed by atoms with E-state index in [4.69, 9.17) is 0 Å². The van der Waals surface area contributed by atoms with Crippen LogP contribution in [0.1, 0.15) is 37.7 Å². The molecule has 19 heavy (non-hydrogen) atoms. The molecule has 1 aromatic heterocycles. The van der Waals surface area contributed by atoms with Gasteiger partial charge in [0.25, 0.3) is 0 Å². The van der Waals surface area contributed by atoms with E-state index >= 15 is 0 Å². The van der Waals surface area contributed by atoms with E-state index in [1.165, 1.54) is 37.7 Å². The molecule has 3 rings (SSSR count). The Morgan fingerprint density at radius 1 is 1.11 bits per heavy atom. The number of hydrogen-bond donors (Lipinski definition) is 1. The van der Waals surface area contributed by atoms with Crippen LogP contribution in [0.3, 0.4) is 0 Å². The molecule has 0 unspecified atom stereocenters. The highest BCUT2D eigenvalue weighted by Crippen LogP contribution is 2.26. The first-order chi connectivity index (χ1) is 9.33. The molecule has 100 valence electrons. The zero-order chi connectivity index (χ0) is 13.1. The molecule has 1 N–H and O–H groups in total. The lowest BCUT2D eigenvalue weighted by molar-refractivity contribution is 0.462. The van der Waals surface area contributed by atoms with Gasteiger partial charge in [0.15, 0.2) is 0 Å². The first-order valence-corrected chi connectivity index (χ1v) is 7.07. The molecule has 0 amide bonds. The number of aromatic nitrogens is 3. The van der Waals surface area contributed by atoms with Crippen molar-refractivity contribution in [1.29, 1.82) is 0 Å². The van der Waals surface area contributed by atoms with Gasteiger partial charge < -0.3 is 5.32 Å². The van der Waals surface area contributed by atoms with Crippen LogP contribution in [0, 0.1) is 6.92 Å². The minimum atomic E-state index is 0.589. The van der Waals surface area contributed by atoms with Crippen LogP contribution < -0.4 is 5.32 Å². The molecule has 1 heterocycles. The first kappa shape index (κ1) is 12.2. The smallest absolute Gasteiger partial charge is 0.109 e. The Kier molecular flexibility index (Phi) is 3.49. The maximum Gasteiger partial charge on any atom is 0.109 e. The van der Waals surface area contributed by atoms with Crippen LogP contribution in [0.15, 0.2) is 30.6 Å². The Morgan fingerprint density at radius 3 is 2.58 bits per heavy atom. The van der Waals surface area contributed by atoms with Crippen molar-refractivity contribution in [3.63, 3.8) is 0 Å². The molecule has 4 heteroatoms. The zero-order valence-corrected chi connectivity index (χ0v) is 11.3. The molecule has 0 aliphatic heterocycles. The van der Waals surface area contributed by atoms with Gasteiger partial charge in [-0.1, -0.05) is 25.3 Å². The number of nitrogens with zero attached hydrogens (tertiary/aromatic N) is 3. The predicted octanol–water partition coefficient (Wildman–Crippen LogP) is 3.32. The summed E-state index contributed by atoms with van der Waals surface area (Å²) in [4.78, 5) is 1.69. The molecule has 1 saturated carbocycles. The summed E-state index contributed by atoms with van der Waals surface area (Å²) in [6.45, 7) is 2.09. The van der Waals surface area contributed by atoms with E-state index in [0.29, 0.717) is 6.04 Å². The van der Waals surface area contributed by atoms with Gasteiger partial charge in [0, 0.05) is 6.04 Å². The highest BCUT2D eigenvalue weighted by molar-refractivity contribution is 5.61. The molecule has 0 bridgehead atoms. The first-order valence-electron chi connectivity index (χ1n) is 7.07. The molecule has 1 aromatic carbocycles. The van der Waals surface area contributed by atoms with Crippen LogP contribution in [0.25, 0.3) is 5.69 Å². The predicted molar refractivity (Wildman–Crippen MR) is 76.6 cm³/mol. The van der Waals surface area contributed by atoms with Gasteiger partial charge in [0.1, 0.15) is 5.69 Å². The van der Waals surface area contributed by atoms with Crippen LogP contribution in [0.4, 0.5) is 5.69 Å². The average molecular weight is 256 g/mol. The summed E-state index contributed by atoms with van der Waals surface area (Å²) in [5.74, 6) is 0. The number of hydrogen-bond acceptors (Lipinski definition) is 3. The van der Waals surface area contributed by atoms with Gasteiger partial charge in [-0.3, -0.25) is 0 Å². The Morgan fingerprint density at radius 2 is 1.84 bits per heavy atom. The summed E-state index contributed by atoms with van der Waals surface area (Å²) < 4.78 is 0. The number of nitrogens with one attached hydrogen (secondary N) is 1. The van der Waals surface area contributed by atoms with Crippen molar-refractivity contribution < 1.29 is 0 Å². The molecule has 0 spiro atoms. The fourth-order valence-electron chi connectivity index (χ4n) is 2.74. The van der Waals surface area contributed by atoms with Crippen LogP contribution in [0.2, 0.25) is 0 Å². The lowest BCUT2D eigenvalue weighted by Gasteiger charge is -2.25. The number of rotatable bonds is 3. The van der Waals surface area contributed by atoms with E-state index in [2.05, 4.69) is 40.6 Å². The third-order valence-corrected chi connectivity index (χ3v) is 3.75. The molecule has 0 atom stereocenters. The van der Waals surface area contributed by atoms with Crippen LogP contribution in [-0.2, 0) is 0 Å². The Labute approximate surface area is 113 Å². The summed E-state index contributed by atoms with van der Waals surface area (Å²) in [6, 6.07) is 7.00. The summed E-state index contributed by atoms with van der Waals surface area (Å²) in [5.41, 5.74) is 3.39. The Hall–Kier alpha value is -1.84. The van der Waals surface area contributed by atoms with Crippen molar-refractivity contribution in [2.75, 3.05) is 5.32 Å². The van der Waals surface area contributed by atoms with Gasteiger partial charge in [-0.05, 0) is 37.5 Å². The van der Waals surface area contributed by atoms with Gasteiger partial charge in [-0.15, -0.1) is 4.80 Å². The van der Waals surface area contributed by atoms with E-state index in [-0.39, 0.29) is 0 Å². The van der Waals surface area contributed by atoms with Crippen molar-refractivity contribution >= 4 is 5.69 Å². The summed E-state index contributed by atoms with van der Waals surface area (Å²) in [5, 5.41) is 12.2. The highest BCUT2D eigenvalue weighted by Gasteiger charge is 2.15. The van der Waals surface area contributed by atoms with E-state index in [9.17, 15) is 0 Å². The summed E-state index contributed by atoms with van der Waals surface area (Å²) in [7, 11) is 0. The van der Waals surface area contributed by atoms with Gasteiger partial charge in [0.05, 0.1) is 18.1 Å².